The van der Waals surface area contributed by atoms with Crippen LogP contribution >= 0.6 is 0 Å². The molecule has 5 atom stereocenters. The van der Waals surface area contributed by atoms with Crippen molar-refractivity contribution in [2.24, 2.45) is 28.6 Å². The van der Waals surface area contributed by atoms with Gasteiger partial charge in [-0.15, -0.1) is 0 Å². The molecule has 0 aromatic carbocycles. The van der Waals surface area contributed by atoms with Crippen molar-refractivity contribution >= 4 is 17.9 Å². The molecule has 7 nitrogen and oxygen atoms in total. The molecule has 0 spiro atoms. The lowest BCUT2D eigenvalue weighted by Crippen LogP contribution is -2.41. The summed E-state index contributed by atoms with van der Waals surface area (Å²) >= 11 is 0. The van der Waals surface area contributed by atoms with Crippen molar-refractivity contribution < 1.29 is 28.6 Å². The number of hydrogen-bond acceptors (Lipinski definition) is 7. The number of nitrogens with zero attached hydrogens (tertiary/aromatic N) is 1. The minimum absolute atomic E-state index is 0.0219. The van der Waals surface area contributed by atoms with Gasteiger partial charge < -0.3 is 14.2 Å². The standard InChI is InChI=1S/C22H29NO6/c1-4-21(2,3)19(25)27-14-7-5-12(6-8-14)18(24)28-16-13-9-15-17(16)29-20(26)22(15,10-13)11-23/h12-17H,4-10H2,1-3H3. The predicted octanol–water partition coefficient (Wildman–Crippen LogP) is 2.91. The quantitative estimate of drug-likeness (QED) is 0.513. The molecule has 0 aromatic rings. The summed E-state index contributed by atoms with van der Waals surface area (Å²) < 4.78 is 16.9. The highest BCUT2D eigenvalue weighted by molar-refractivity contribution is 5.84. The summed E-state index contributed by atoms with van der Waals surface area (Å²) in [5.74, 6) is -1.24. The van der Waals surface area contributed by atoms with Crippen LogP contribution in [0, 0.1) is 39.9 Å². The lowest BCUT2D eigenvalue weighted by Gasteiger charge is -2.32. The minimum atomic E-state index is -1.02. The Labute approximate surface area is 171 Å². The summed E-state index contributed by atoms with van der Waals surface area (Å²) in [7, 11) is 0. The lowest BCUT2D eigenvalue weighted by molar-refractivity contribution is -0.169. The first-order chi connectivity index (χ1) is 13.7. The molecule has 4 fully saturated rings. The Morgan fingerprint density at radius 3 is 2.55 bits per heavy atom. The van der Waals surface area contributed by atoms with E-state index in [-0.39, 0.29) is 35.8 Å². The fourth-order valence-electron chi connectivity index (χ4n) is 5.39. The van der Waals surface area contributed by atoms with Gasteiger partial charge in [0.15, 0.2) is 5.41 Å². The molecule has 3 saturated carbocycles. The molecular weight excluding hydrogens is 374 g/mol. The Kier molecular flexibility index (Phi) is 4.87. The van der Waals surface area contributed by atoms with Gasteiger partial charge >= 0.3 is 17.9 Å². The third-order valence-corrected chi connectivity index (χ3v) is 7.74. The maximum atomic E-state index is 12.7. The minimum Gasteiger partial charge on any atom is -0.462 e. The fourth-order valence-corrected chi connectivity index (χ4v) is 5.39. The number of hydrogen-bond donors (Lipinski definition) is 0. The molecule has 4 rings (SSSR count). The monoisotopic (exact) mass is 403 g/mol. The lowest BCUT2D eigenvalue weighted by atomic mass is 9.74. The number of carbonyl (C=O) groups is 3. The molecule has 1 saturated heterocycles. The highest BCUT2D eigenvalue weighted by Gasteiger charge is 2.72. The van der Waals surface area contributed by atoms with Gasteiger partial charge in [0.05, 0.1) is 17.4 Å². The van der Waals surface area contributed by atoms with Crippen LogP contribution in [0.4, 0.5) is 0 Å². The van der Waals surface area contributed by atoms with E-state index in [4.69, 9.17) is 14.2 Å². The van der Waals surface area contributed by atoms with Crippen molar-refractivity contribution in [2.45, 2.75) is 84.0 Å². The highest BCUT2D eigenvalue weighted by Crippen LogP contribution is 2.62. The summed E-state index contributed by atoms with van der Waals surface area (Å²) in [5, 5.41) is 9.47. The van der Waals surface area contributed by atoms with E-state index in [1.807, 2.05) is 20.8 Å². The van der Waals surface area contributed by atoms with Crippen LogP contribution in [0.2, 0.25) is 0 Å². The molecule has 0 radical (unpaired) electrons. The van der Waals surface area contributed by atoms with E-state index >= 15 is 0 Å². The van der Waals surface area contributed by atoms with Gasteiger partial charge in [-0.2, -0.15) is 5.26 Å². The number of ether oxygens (including phenoxy) is 3. The largest absolute Gasteiger partial charge is 0.462 e. The first-order valence-corrected chi connectivity index (χ1v) is 10.8. The van der Waals surface area contributed by atoms with E-state index in [2.05, 4.69) is 6.07 Å². The van der Waals surface area contributed by atoms with Crippen LogP contribution in [0.5, 0.6) is 0 Å². The van der Waals surface area contributed by atoms with E-state index in [1.54, 1.807) is 0 Å². The fraction of sp³-hybridized carbons (Fsp3) is 0.818. The summed E-state index contributed by atoms with van der Waals surface area (Å²) in [6.45, 7) is 5.72. The molecule has 0 amide bonds. The van der Waals surface area contributed by atoms with Crippen LogP contribution in [-0.4, -0.2) is 36.2 Å². The Bertz CT molecular complexity index is 762. The topological polar surface area (TPSA) is 103 Å². The van der Waals surface area contributed by atoms with Gasteiger partial charge in [0.2, 0.25) is 0 Å². The number of esters is 3. The third kappa shape index (κ3) is 3.12. The van der Waals surface area contributed by atoms with Gasteiger partial charge in [0.25, 0.3) is 0 Å². The summed E-state index contributed by atoms with van der Waals surface area (Å²) in [4.78, 5) is 37.2. The zero-order valence-corrected chi connectivity index (χ0v) is 17.3. The Morgan fingerprint density at radius 1 is 1.24 bits per heavy atom. The first-order valence-electron chi connectivity index (χ1n) is 10.8. The third-order valence-electron chi connectivity index (χ3n) is 7.74. The zero-order chi connectivity index (χ0) is 21.0. The molecule has 2 bridgehead atoms. The Hall–Kier alpha value is -2.10. The SMILES string of the molecule is CCC(C)(C)C(=O)OC1CCC(C(=O)OC2C3CC4C2OC(=O)C4(C#N)C3)CC1. The smallest absolute Gasteiger partial charge is 0.327 e. The molecule has 5 unspecified atom stereocenters. The molecule has 0 N–H and O–H groups in total. The van der Waals surface area contributed by atoms with Crippen molar-refractivity contribution in [1.29, 1.82) is 5.26 Å². The average Bonchev–Trinajstić information content (AvgIpc) is 3.30. The second-order valence-electron chi connectivity index (χ2n) is 9.78. The van der Waals surface area contributed by atoms with E-state index in [9.17, 15) is 19.6 Å². The molecule has 1 heterocycles. The Balaban J connectivity index is 1.29. The van der Waals surface area contributed by atoms with Crippen LogP contribution in [-0.2, 0) is 28.6 Å². The van der Waals surface area contributed by atoms with Crippen molar-refractivity contribution in [2.75, 3.05) is 0 Å². The molecule has 0 aromatic heterocycles. The second-order valence-corrected chi connectivity index (χ2v) is 9.78. The summed E-state index contributed by atoms with van der Waals surface area (Å²) in [6.07, 6.45) is 3.35. The first kappa shape index (κ1) is 20.2. The second kappa shape index (κ2) is 7.00. The normalized spacial score (nSPS) is 40.3. The molecule has 29 heavy (non-hydrogen) atoms. The van der Waals surface area contributed by atoms with E-state index in [1.165, 1.54) is 0 Å². The van der Waals surface area contributed by atoms with Crippen LogP contribution in [0.1, 0.15) is 65.7 Å². The van der Waals surface area contributed by atoms with Crippen molar-refractivity contribution in [3.8, 4) is 6.07 Å². The van der Waals surface area contributed by atoms with Crippen LogP contribution < -0.4 is 0 Å². The van der Waals surface area contributed by atoms with Crippen LogP contribution in [0.3, 0.4) is 0 Å². The molecule has 1 aliphatic heterocycles. The number of carbonyl (C=O) groups excluding carboxylic acids is 3. The number of rotatable bonds is 5. The van der Waals surface area contributed by atoms with Crippen molar-refractivity contribution in [3.05, 3.63) is 0 Å². The summed E-state index contributed by atoms with van der Waals surface area (Å²) in [6, 6.07) is 2.17. The maximum absolute atomic E-state index is 12.7. The molecule has 7 heteroatoms. The van der Waals surface area contributed by atoms with Gasteiger partial charge in [-0.3, -0.25) is 14.4 Å². The molecular formula is C22H29NO6. The van der Waals surface area contributed by atoms with E-state index in [0.717, 1.165) is 6.42 Å². The zero-order valence-electron chi connectivity index (χ0n) is 17.3. The number of fused-ring (bicyclic) bond motifs is 1. The van der Waals surface area contributed by atoms with Crippen LogP contribution in [0.25, 0.3) is 0 Å². The van der Waals surface area contributed by atoms with Gasteiger partial charge in [0.1, 0.15) is 18.3 Å². The van der Waals surface area contributed by atoms with Gasteiger partial charge in [0, 0.05) is 11.8 Å². The number of nitriles is 1. The van der Waals surface area contributed by atoms with Crippen molar-refractivity contribution in [3.63, 3.8) is 0 Å². The van der Waals surface area contributed by atoms with Crippen molar-refractivity contribution in [1.82, 2.24) is 0 Å². The van der Waals surface area contributed by atoms with E-state index < -0.39 is 29.0 Å². The Morgan fingerprint density at radius 2 is 1.93 bits per heavy atom. The van der Waals surface area contributed by atoms with Gasteiger partial charge in [-0.25, -0.2) is 0 Å². The van der Waals surface area contributed by atoms with Gasteiger partial charge in [-0.05, 0) is 58.8 Å². The molecule has 158 valence electrons. The highest BCUT2D eigenvalue weighted by atomic mass is 16.6. The predicted molar refractivity (Wildman–Crippen MR) is 99.9 cm³/mol. The van der Waals surface area contributed by atoms with Crippen LogP contribution in [0.15, 0.2) is 0 Å². The van der Waals surface area contributed by atoms with Gasteiger partial charge in [-0.1, -0.05) is 6.92 Å². The maximum Gasteiger partial charge on any atom is 0.327 e. The molecule has 4 aliphatic rings. The summed E-state index contributed by atoms with van der Waals surface area (Å²) in [5.41, 5.74) is -1.51. The average molecular weight is 403 g/mol. The molecule has 3 aliphatic carbocycles. The van der Waals surface area contributed by atoms with E-state index in [0.29, 0.717) is 38.5 Å².